The molecular weight excluding hydrogens is 372 g/mol. The minimum absolute atomic E-state index is 0.144. The second-order valence-electron chi connectivity index (χ2n) is 6.60. The van der Waals surface area contributed by atoms with Crippen molar-refractivity contribution in [3.05, 3.63) is 59.1 Å². The number of benzene rings is 2. The van der Waals surface area contributed by atoms with E-state index >= 15 is 0 Å². The molecule has 2 aromatic rings. The van der Waals surface area contributed by atoms with Gasteiger partial charge in [-0.15, -0.1) is 0 Å². The molecular formula is C19H21ClN2O3S. The molecule has 5 nitrogen and oxygen atoms in total. The number of carbonyl (C=O) groups excluding carboxylic acids is 1. The van der Waals surface area contributed by atoms with Crippen LogP contribution in [0.3, 0.4) is 0 Å². The molecule has 2 aromatic carbocycles. The monoisotopic (exact) mass is 392 g/mol. The van der Waals surface area contributed by atoms with Gasteiger partial charge in [0.05, 0.1) is 4.90 Å². The molecule has 1 N–H and O–H groups in total. The number of sulfonamides is 1. The van der Waals surface area contributed by atoms with Crippen LogP contribution < -0.4 is 5.32 Å². The maximum Gasteiger partial charge on any atom is 0.255 e. The Hall–Kier alpha value is -1.89. The van der Waals surface area contributed by atoms with Crippen LogP contribution in [-0.4, -0.2) is 31.7 Å². The molecule has 1 aliphatic rings. The molecule has 26 heavy (non-hydrogen) atoms. The molecule has 0 radical (unpaired) electrons. The number of amides is 1. The highest BCUT2D eigenvalue weighted by atomic mass is 35.5. The van der Waals surface area contributed by atoms with E-state index in [1.165, 1.54) is 16.4 Å². The Kier molecular flexibility index (Phi) is 5.65. The minimum atomic E-state index is -3.60. The molecule has 1 saturated heterocycles. The quantitative estimate of drug-likeness (QED) is 0.854. The van der Waals surface area contributed by atoms with Crippen LogP contribution in [0.1, 0.15) is 30.1 Å². The van der Waals surface area contributed by atoms with Gasteiger partial charge < -0.3 is 5.32 Å². The largest absolute Gasteiger partial charge is 0.322 e. The second kappa shape index (κ2) is 7.78. The zero-order valence-electron chi connectivity index (χ0n) is 14.5. The third-order valence-electron chi connectivity index (χ3n) is 4.44. The molecule has 1 aliphatic heterocycles. The fourth-order valence-electron chi connectivity index (χ4n) is 3.08. The Labute approximate surface area is 159 Å². The molecule has 1 fully saturated rings. The summed E-state index contributed by atoms with van der Waals surface area (Å²) in [6.07, 6.45) is 1.89. The van der Waals surface area contributed by atoms with E-state index < -0.39 is 10.0 Å². The molecule has 0 aromatic heterocycles. The molecule has 3 rings (SSSR count). The summed E-state index contributed by atoms with van der Waals surface area (Å²) in [6, 6.07) is 12.9. The third-order valence-corrected chi connectivity index (χ3v) is 6.53. The smallest absolute Gasteiger partial charge is 0.255 e. The number of piperidine rings is 1. The first-order valence-electron chi connectivity index (χ1n) is 8.53. The summed E-state index contributed by atoms with van der Waals surface area (Å²) in [7, 11) is -3.60. The predicted molar refractivity (Wildman–Crippen MR) is 103 cm³/mol. The number of anilines is 1. The van der Waals surface area contributed by atoms with E-state index in [1.54, 1.807) is 36.4 Å². The zero-order chi connectivity index (χ0) is 18.7. The molecule has 138 valence electrons. The Morgan fingerprint density at radius 1 is 1.19 bits per heavy atom. The Balaban J connectivity index is 1.82. The Morgan fingerprint density at radius 3 is 2.69 bits per heavy atom. The summed E-state index contributed by atoms with van der Waals surface area (Å²) in [6.45, 7) is 3.09. The van der Waals surface area contributed by atoms with Crippen LogP contribution in [0, 0.1) is 5.92 Å². The van der Waals surface area contributed by atoms with E-state index in [2.05, 4.69) is 12.2 Å². The van der Waals surface area contributed by atoms with Crippen molar-refractivity contribution in [1.82, 2.24) is 4.31 Å². The molecule has 0 aliphatic carbocycles. The van der Waals surface area contributed by atoms with Gasteiger partial charge in [-0.25, -0.2) is 8.42 Å². The molecule has 1 amide bonds. The average molecular weight is 393 g/mol. The first-order valence-corrected chi connectivity index (χ1v) is 10.4. The SMILES string of the molecule is CC1CCCN(S(=O)(=O)c2cccc(C(=O)Nc3cccc(Cl)c3)c2)C1. The van der Waals surface area contributed by atoms with E-state index in [-0.39, 0.29) is 16.4 Å². The highest BCUT2D eigenvalue weighted by Gasteiger charge is 2.29. The molecule has 0 bridgehead atoms. The van der Waals surface area contributed by atoms with Crippen molar-refractivity contribution in [1.29, 1.82) is 0 Å². The van der Waals surface area contributed by atoms with E-state index in [0.29, 0.717) is 29.7 Å². The lowest BCUT2D eigenvalue weighted by molar-refractivity contribution is 0.102. The summed E-state index contributed by atoms with van der Waals surface area (Å²) in [5.41, 5.74) is 0.844. The molecule has 0 spiro atoms. The lowest BCUT2D eigenvalue weighted by Gasteiger charge is -2.30. The van der Waals surface area contributed by atoms with E-state index in [4.69, 9.17) is 11.6 Å². The van der Waals surface area contributed by atoms with Crippen molar-refractivity contribution in [2.24, 2.45) is 5.92 Å². The van der Waals surface area contributed by atoms with E-state index in [1.807, 2.05) is 0 Å². The number of carbonyl (C=O) groups is 1. The van der Waals surface area contributed by atoms with Gasteiger partial charge in [0.15, 0.2) is 0 Å². The lowest BCUT2D eigenvalue weighted by atomic mass is 10.0. The third kappa shape index (κ3) is 4.26. The molecule has 1 unspecified atom stereocenters. The van der Waals surface area contributed by atoms with Crippen LogP contribution in [0.4, 0.5) is 5.69 Å². The van der Waals surface area contributed by atoms with Crippen LogP contribution in [0.15, 0.2) is 53.4 Å². The summed E-state index contributed by atoms with van der Waals surface area (Å²) >= 11 is 5.92. The first-order chi connectivity index (χ1) is 12.4. The first kappa shape index (κ1) is 18.9. The molecule has 1 heterocycles. The van der Waals surface area contributed by atoms with Crippen molar-refractivity contribution < 1.29 is 13.2 Å². The van der Waals surface area contributed by atoms with Crippen molar-refractivity contribution in [3.8, 4) is 0 Å². The summed E-state index contributed by atoms with van der Waals surface area (Å²) in [5.74, 6) is -0.0378. The summed E-state index contributed by atoms with van der Waals surface area (Å²) < 4.78 is 27.3. The van der Waals surface area contributed by atoms with Crippen LogP contribution in [0.5, 0.6) is 0 Å². The highest BCUT2D eigenvalue weighted by molar-refractivity contribution is 7.89. The van der Waals surface area contributed by atoms with E-state index in [0.717, 1.165) is 12.8 Å². The number of halogens is 1. The second-order valence-corrected chi connectivity index (χ2v) is 8.98. The van der Waals surface area contributed by atoms with Crippen molar-refractivity contribution >= 4 is 33.2 Å². The van der Waals surface area contributed by atoms with Crippen LogP contribution in [0.25, 0.3) is 0 Å². The molecule has 7 heteroatoms. The topological polar surface area (TPSA) is 66.5 Å². The average Bonchev–Trinajstić information content (AvgIpc) is 2.62. The van der Waals surface area contributed by atoms with Gasteiger partial charge >= 0.3 is 0 Å². The number of nitrogens with zero attached hydrogens (tertiary/aromatic N) is 1. The number of hydrogen-bond donors (Lipinski definition) is 1. The standard InChI is InChI=1S/C19H21ClN2O3S/c1-14-5-4-10-22(13-14)26(24,25)18-9-2-6-15(11-18)19(23)21-17-8-3-7-16(20)12-17/h2-3,6-9,11-12,14H,4-5,10,13H2,1H3,(H,21,23). The van der Waals surface area contributed by atoms with Gasteiger partial charge in [0.2, 0.25) is 10.0 Å². The molecule has 1 atom stereocenters. The van der Waals surface area contributed by atoms with Crippen molar-refractivity contribution in [2.75, 3.05) is 18.4 Å². The highest BCUT2D eigenvalue weighted by Crippen LogP contribution is 2.24. The predicted octanol–water partition coefficient (Wildman–Crippen LogP) is 4.01. The van der Waals surface area contributed by atoms with Crippen LogP contribution >= 0.6 is 11.6 Å². The van der Waals surface area contributed by atoms with Gasteiger partial charge in [0.1, 0.15) is 0 Å². The lowest BCUT2D eigenvalue weighted by Crippen LogP contribution is -2.39. The van der Waals surface area contributed by atoms with Crippen LogP contribution in [0.2, 0.25) is 5.02 Å². The summed E-state index contributed by atoms with van der Waals surface area (Å²) in [5, 5.41) is 3.24. The fraction of sp³-hybridized carbons (Fsp3) is 0.316. The maximum absolute atomic E-state index is 12.9. The number of nitrogens with one attached hydrogen (secondary N) is 1. The van der Waals surface area contributed by atoms with Gasteiger partial charge in [-0.1, -0.05) is 30.7 Å². The fourth-order valence-corrected chi connectivity index (χ4v) is 4.92. The number of rotatable bonds is 4. The molecule has 0 saturated carbocycles. The number of hydrogen-bond acceptors (Lipinski definition) is 3. The van der Waals surface area contributed by atoms with Gasteiger partial charge in [0, 0.05) is 29.4 Å². The van der Waals surface area contributed by atoms with E-state index in [9.17, 15) is 13.2 Å². The Morgan fingerprint density at radius 2 is 1.96 bits per heavy atom. The minimum Gasteiger partial charge on any atom is -0.322 e. The van der Waals surface area contributed by atoms with Crippen LogP contribution in [-0.2, 0) is 10.0 Å². The zero-order valence-corrected chi connectivity index (χ0v) is 16.1. The summed E-state index contributed by atoms with van der Waals surface area (Å²) in [4.78, 5) is 12.6. The van der Waals surface area contributed by atoms with Gasteiger partial charge in [-0.05, 0) is 55.2 Å². The van der Waals surface area contributed by atoms with Crippen molar-refractivity contribution in [3.63, 3.8) is 0 Å². The Bertz CT molecular complexity index is 915. The van der Waals surface area contributed by atoms with Gasteiger partial charge in [0.25, 0.3) is 5.91 Å². The van der Waals surface area contributed by atoms with Crippen molar-refractivity contribution in [2.45, 2.75) is 24.7 Å². The maximum atomic E-state index is 12.9. The van der Waals surface area contributed by atoms with Gasteiger partial charge in [-0.2, -0.15) is 4.31 Å². The van der Waals surface area contributed by atoms with Gasteiger partial charge in [-0.3, -0.25) is 4.79 Å². The normalized spacial score (nSPS) is 18.5.